The molecule has 0 aliphatic heterocycles. The fraction of sp³-hybridized carbons (Fsp3) is 0.105. The molecule has 1 amide bonds. The van der Waals surface area contributed by atoms with Crippen LogP contribution in [0.25, 0.3) is 6.08 Å². The molecule has 0 saturated carbocycles. The molecule has 0 atom stereocenters. The average Bonchev–Trinajstić information content (AvgIpc) is 2.65. The lowest BCUT2D eigenvalue weighted by Gasteiger charge is -2.09. The van der Waals surface area contributed by atoms with Crippen molar-refractivity contribution in [1.29, 1.82) is 0 Å². The SMILES string of the molecule is COC(=O)c1ccccc1NC(=O)COC(=O)/C=C/c1ccccc1Cl. The summed E-state index contributed by atoms with van der Waals surface area (Å²) in [6.45, 7) is -0.499. The van der Waals surface area contributed by atoms with Gasteiger partial charge in [0.15, 0.2) is 6.61 Å². The van der Waals surface area contributed by atoms with Gasteiger partial charge in [-0.3, -0.25) is 4.79 Å². The van der Waals surface area contributed by atoms with Crippen LogP contribution in [0.1, 0.15) is 15.9 Å². The maximum atomic E-state index is 11.9. The van der Waals surface area contributed by atoms with E-state index in [4.69, 9.17) is 16.3 Å². The molecule has 0 fully saturated rings. The maximum absolute atomic E-state index is 11.9. The fourth-order valence-electron chi connectivity index (χ4n) is 2.02. The lowest BCUT2D eigenvalue weighted by molar-refractivity contribution is -0.142. The first-order valence-electron chi connectivity index (χ1n) is 7.58. The first-order valence-corrected chi connectivity index (χ1v) is 7.95. The number of nitrogens with one attached hydrogen (secondary N) is 1. The molecule has 7 heteroatoms. The molecule has 0 aliphatic carbocycles. The van der Waals surface area contributed by atoms with E-state index < -0.39 is 24.5 Å². The summed E-state index contributed by atoms with van der Waals surface area (Å²) >= 11 is 5.97. The van der Waals surface area contributed by atoms with Gasteiger partial charge in [-0.1, -0.05) is 41.9 Å². The molecule has 0 aliphatic rings. The van der Waals surface area contributed by atoms with Gasteiger partial charge in [-0.25, -0.2) is 9.59 Å². The standard InChI is InChI=1S/C19H16ClNO5/c1-25-19(24)14-7-3-5-9-16(14)21-17(22)12-26-18(23)11-10-13-6-2-4-8-15(13)20/h2-11H,12H2,1H3,(H,21,22)/b11-10+. The third kappa shape index (κ3) is 5.46. The zero-order valence-corrected chi connectivity index (χ0v) is 14.7. The second-order valence-corrected chi connectivity index (χ2v) is 5.46. The molecule has 2 rings (SSSR count). The van der Waals surface area contributed by atoms with E-state index in [0.717, 1.165) is 0 Å². The number of para-hydroxylation sites is 1. The number of benzene rings is 2. The van der Waals surface area contributed by atoms with Crippen LogP contribution in [-0.4, -0.2) is 31.6 Å². The summed E-state index contributed by atoms with van der Waals surface area (Å²) in [5.41, 5.74) is 1.13. The number of rotatable bonds is 6. The van der Waals surface area contributed by atoms with Crippen molar-refractivity contribution in [2.24, 2.45) is 0 Å². The highest BCUT2D eigenvalue weighted by Crippen LogP contribution is 2.17. The van der Waals surface area contributed by atoms with Crippen molar-refractivity contribution in [2.75, 3.05) is 19.0 Å². The van der Waals surface area contributed by atoms with Crippen LogP contribution < -0.4 is 5.32 Å². The molecule has 0 bridgehead atoms. The van der Waals surface area contributed by atoms with Crippen LogP contribution in [0, 0.1) is 0 Å². The summed E-state index contributed by atoms with van der Waals surface area (Å²) in [6, 6.07) is 13.3. The molecular formula is C19H16ClNO5. The Kier molecular flexibility index (Phi) is 6.93. The van der Waals surface area contributed by atoms with Gasteiger partial charge in [-0.05, 0) is 29.8 Å². The molecule has 2 aromatic carbocycles. The number of esters is 2. The van der Waals surface area contributed by atoms with Gasteiger partial charge in [-0.2, -0.15) is 0 Å². The van der Waals surface area contributed by atoms with Crippen LogP contribution in [-0.2, 0) is 19.1 Å². The molecule has 0 spiro atoms. The van der Waals surface area contributed by atoms with Crippen LogP contribution in [0.5, 0.6) is 0 Å². The molecule has 0 heterocycles. The number of ether oxygens (including phenoxy) is 2. The molecule has 0 radical (unpaired) electrons. The summed E-state index contributed by atoms with van der Waals surface area (Å²) in [5.74, 6) is -1.86. The van der Waals surface area contributed by atoms with Gasteiger partial charge in [0.2, 0.25) is 0 Å². The molecule has 0 saturated heterocycles. The number of carbonyl (C=O) groups excluding carboxylic acids is 3. The molecule has 6 nitrogen and oxygen atoms in total. The van der Waals surface area contributed by atoms with Crippen molar-refractivity contribution >= 4 is 41.2 Å². The van der Waals surface area contributed by atoms with Gasteiger partial charge < -0.3 is 14.8 Å². The molecular weight excluding hydrogens is 358 g/mol. The Labute approximate surface area is 155 Å². The third-order valence-corrected chi connectivity index (χ3v) is 3.60. The summed E-state index contributed by atoms with van der Waals surface area (Å²) in [7, 11) is 1.24. The minimum absolute atomic E-state index is 0.202. The molecule has 0 unspecified atom stereocenters. The minimum atomic E-state index is -0.693. The summed E-state index contributed by atoms with van der Waals surface area (Å²) in [4.78, 5) is 35.3. The Balaban J connectivity index is 1.90. The Morgan fingerprint density at radius 2 is 1.77 bits per heavy atom. The predicted molar refractivity (Wildman–Crippen MR) is 97.9 cm³/mol. The van der Waals surface area contributed by atoms with Crippen LogP contribution in [0.4, 0.5) is 5.69 Å². The van der Waals surface area contributed by atoms with E-state index >= 15 is 0 Å². The van der Waals surface area contributed by atoms with Crippen molar-refractivity contribution in [2.45, 2.75) is 0 Å². The van der Waals surface area contributed by atoms with E-state index in [1.165, 1.54) is 25.3 Å². The highest BCUT2D eigenvalue weighted by Gasteiger charge is 2.13. The Bertz CT molecular complexity index is 847. The summed E-state index contributed by atoms with van der Waals surface area (Å²) < 4.78 is 9.51. The summed E-state index contributed by atoms with van der Waals surface area (Å²) in [5, 5.41) is 3.00. The van der Waals surface area contributed by atoms with E-state index in [-0.39, 0.29) is 11.3 Å². The molecule has 0 aromatic heterocycles. The number of halogens is 1. The Morgan fingerprint density at radius 3 is 2.50 bits per heavy atom. The van der Waals surface area contributed by atoms with E-state index in [1.807, 2.05) is 0 Å². The topological polar surface area (TPSA) is 81.7 Å². The van der Waals surface area contributed by atoms with E-state index in [0.29, 0.717) is 10.6 Å². The monoisotopic (exact) mass is 373 g/mol. The molecule has 1 N–H and O–H groups in total. The zero-order chi connectivity index (χ0) is 18.9. The average molecular weight is 374 g/mol. The fourth-order valence-corrected chi connectivity index (χ4v) is 2.22. The van der Waals surface area contributed by atoms with Gasteiger partial charge in [-0.15, -0.1) is 0 Å². The Morgan fingerprint density at radius 1 is 1.08 bits per heavy atom. The number of hydrogen-bond acceptors (Lipinski definition) is 5. The second kappa shape index (κ2) is 9.39. The third-order valence-electron chi connectivity index (χ3n) is 3.26. The van der Waals surface area contributed by atoms with Gasteiger partial charge in [0.25, 0.3) is 5.91 Å². The van der Waals surface area contributed by atoms with Crippen LogP contribution in [0.3, 0.4) is 0 Å². The second-order valence-electron chi connectivity index (χ2n) is 5.05. The van der Waals surface area contributed by atoms with Crippen molar-refractivity contribution in [3.8, 4) is 0 Å². The predicted octanol–water partition coefficient (Wildman–Crippen LogP) is 3.32. The number of hydrogen-bond donors (Lipinski definition) is 1. The van der Waals surface area contributed by atoms with Crippen LogP contribution in [0.2, 0.25) is 5.02 Å². The van der Waals surface area contributed by atoms with E-state index in [2.05, 4.69) is 10.1 Å². The van der Waals surface area contributed by atoms with Crippen molar-refractivity contribution in [3.05, 3.63) is 70.8 Å². The van der Waals surface area contributed by atoms with Gasteiger partial charge in [0, 0.05) is 11.1 Å². The lowest BCUT2D eigenvalue weighted by Crippen LogP contribution is -2.21. The molecule has 26 heavy (non-hydrogen) atoms. The first-order chi connectivity index (χ1) is 12.5. The zero-order valence-electron chi connectivity index (χ0n) is 13.9. The smallest absolute Gasteiger partial charge is 0.339 e. The van der Waals surface area contributed by atoms with Crippen LogP contribution in [0.15, 0.2) is 54.6 Å². The number of anilines is 1. The normalized spacial score (nSPS) is 10.4. The molecule has 2 aromatic rings. The highest BCUT2D eigenvalue weighted by molar-refractivity contribution is 6.32. The van der Waals surface area contributed by atoms with Crippen LogP contribution >= 0.6 is 11.6 Å². The van der Waals surface area contributed by atoms with Crippen molar-refractivity contribution < 1.29 is 23.9 Å². The Hall–Kier alpha value is -3.12. The number of amides is 1. The van der Waals surface area contributed by atoms with E-state index in [9.17, 15) is 14.4 Å². The highest BCUT2D eigenvalue weighted by atomic mass is 35.5. The largest absolute Gasteiger partial charge is 0.465 e. The quantitative estimate of drug-likeness (QED) is 0.620. The van der Waals surface area contributed by atoms with Crippen molar-refractivity contribution in [1.82, 2.24) is 0 Å². The maximum Gasteiger partial charge on any atom is 0.339 e. The first kappa shape index (κ1) is 19.2. The van der Waals surface area contributed by atoms with Crippen molar-refractivity contribution in [3.63, 3.8) is 0 Å². The molecule has 134 valence electrons. The van der Waals surface area contributed by atoms with E-state index in [1.54, 1.807) is 42.5 Å². The van der Waals surface area contributed by atoms with Gasteiger partial charge in [0.05, 0.1) is 18.4 Å². The number of carbonyl (C=O) groups is 3. The number of methoxy groups -OCH3 is 1. The summed E-state index contributed by atoms with van der Waals surface area (Å²) in [6.07, 6.45) is 2.67. The minimum Gasteiger partial charge on any atom is -0.465 e. The van der Waals surface area contributed by atoms with Gasteiger partial charge in [0.1, 0.15) is 0 Å². The lowest BCUT2D eigenvalue weighted by atomic mass is 10.2. The van der Waals surface area contributed by atoms with Gasteiger partial charge >= 0.3 is 11.9 Å².